The van der Waals surface area contributed by atoms with Crippen LogP contribution in [-0.4, -0.2) is 22.8 Å². The van der Waals surface area contributed by atoms with Gasteiger partial charge in [-0.05, 0) is 42.0 Å². The molecule has 3 rings (SSSR count). The molecule has 0 aliphatic rings. The minimum atomic E-state index is -0.564. The summed E-state index contributed by atoms with van der Waals surface area (Å²) in [5, 5.41) is 9.84. The summed E-state index contributed by atoms with van der Waals surface area (Å²) in [5.41, 5.74) is 1.60. The molecule has 0 fully saturated rings. The quantitative estimate of drug-likeness (QED) is 0.231. The number of carbonyl (C=O) groups is 3. The van der Waals surface area contributed by atoms with Crippen molar-refractivity contribution in [1.29, 1.82) is 0 Å². The smallest absolute Gasteiger partial charge is 0.308 e. The Kier molecular flexibility index (Phi) is 7.60. The molecular weight excluding hydrogens is 424 g/mol. The molecule has 0 aliphatic carbocycles. The summed E-state index contributed by atoms with van der Waals surface area (Å²) in [4.78, 5) is 35.5. The molecule has 0 amide bonds. The molecule has 0 spiro atoms. The van der Waals surface area contributed by atoms with Crippen molar-refractivity contribution < 1.29 is 33.7 Å². The van der Waals surface area contributed by atoms with E-state index in [4.69, 9.17) is 14.2 Å². The monoisotopic (exact) mass is 446 g/mol. The lowest BCUT2D eigenvalue weighted by Crippen LogP contribution is -2.05. The first-order valence-electron chi connectivity index (χ1n) is 10.0. The summed E-state index contributed by atoms with van der Waals surface area (Å²) < 4.78 is 16.0. The Morgan fingerprint density at radius 2 is 1.58 bits per heavy atom. The zero-order valence-corrected chi connectivity index (χ0v) is 18.1. The van der Waals surface area contributed by atoms with E-state index in [0.29, 0.717) is 5.56 Å². The fraction of sp³-hybridized carbons (Fsp3) is 0.115. The van der Waals surface area contributed by atoms with E-state index in [-0.39, 0.29) is 41.0 Å². The van der Waals surface area contributed by atoms with E-state index in [0.717, 1.165) is 5.56 Å². The largest absolute Gasteiger partial charge is 0.508 e. The number of ether oxygens (including phenoxy) is 3. The van der Waals surface area contributed by atoms with Crippen LogP contribution in [0.3, 0.4) is 0 Å². The lowest BCUT2D eigenvalue weighted by molar-refractivity contribution is -0.132. The number of ketones is 1. The Morgan fingerprint density at radius 1 is 0.848 bits per heavy atom. The molecule has 1 N–H and O–H groups in total. The Labute approximate surface area is 190 Å². The number of rotatable bonds is 8. The maximum absolute atomic E-state index is 12.9. The summed E-state index contributed by atoms with van der Waals surface area (Å²) in [7, 11) is 0. The summed E-state index contributed by atoms with van der Waals surface area (Å²) in [6.45, 7) is 2.72. The average Bonchev–Trinajstić information content (AvgIpc) is 2.77. The minimum Gasteiger partial charge on any atom is -0.508 e. The Bertz CT molecular complexity index is 1200. The summed E-state index contributed by atoms with van der Waals surface area (Å²) in [6, 6.07) is 18.1. The van der Waals surface area contributed by atoms with Gasteiger partial charge >= 0.3 is 11.9 Å². The molecular formula is C26H22O7. The van der Waals surface area contributed by atoms with Crippen molar-refractivity contribution in [3.63, 3.8) is 0 Å². The van der Waals surface area contributed by atoms with Gasteiger partial charge in [0.05, 0.1) is 5.56 Å². The van der Waals surface area contributed by atoms with Gasteiger partial charge in [-0.15, -0.1) is 0 Å². The maximum atomic E-state index is 12.9. The van der Waals surface area contributed by atoms with Crippen LogP contribution in [0.1, 0.15) is 35.3 Å². The molecule has 168 valence electrons. The van der Waals surface area contributed by atoms with Gasteiger partial charge in [0, 0.05) is 31.5 Å². The highest BCUT2D eigenvalue weighted by Gasteiger charge is 2.13. The number of phenols is 1. The van der Waals surface area contributed by atoms with Crippen LogP contribution >= 0.6 is 0 Å². The molecule has 0 atom stereocenters. The first kappa shape index (κ1) is 23.3. The van der Waals surface area contributed by atoms with E-state index >= 15 is 0 Å². The van der Waals surface area contributed by atoms with Gasteiger partial charge in [0.15, 0.2) is 5.78 Å². The Hall–Kier alpha value is -4.39. The first-order valence-corrected chi connectivity index (χ1v) is 10.0. The van der Waals surface area contributed by atoms with Gasteiger partial charge in [0.2, 0.25) is 0 Å². The number of phenolic OH excluding ortho intramolecular Hbond substituents is 1. The molecule has 33 heavy (non-hydrogen) atoms. The fourth-order valence-electron chi connectivity index (χ4n) is 2.95. The summed E-state index contributed by atoms with van der Waals surface area (Å²) in [5.74, 6) is -0.913. The van der Waals surface area contributed by atoms with Crippen molar-refractivity contribution in [2.75, 3.05) is 0 Å². The molecule has 7 heteroatoms. The van der Waals surface area contributed by atoms with E-state index < -0.39 is 11.9 Å². The summed E-state index contributed by atoms with van der Waals surface area (Å²) in [6.07, 6.45) is 2.78. The molecule has 0 radical (unpaired) electrons. The van der Waals surface area contributed by atoms with Crippen LogP contribution in [0, 0.1) is 0 Å². The number of hydrogen-bond donors (Lipinski definition) is 1. The number of carbonyl (C=O) groups excluding carboxylic acids is 3. The van der Waals surface area contributed by atoms with E-state index in [2.05, 4.69) is 0 Å². The average molecular weight is 446 g/mol. The fourth-order valence-corrected chi connectivity index (χ4v) is 2.95. The second kappa shape index (κ2) is 10.8. The van der Waals surface area contributed by atoms with Crippen LogP contribution in [0.2, 0.25) is 0 Å². The van der Waals surface area contributed by atoms with Crippen LogP contribution in [0.25, 0.3) is 6.08 Å². The highest BCUT2D eigenvalue weighted by Crippen LogP contribution is 2.29. The van der Waals surface area contributed by atoms with Crippen molar-refractivity contribution in [3.05, 3.63) is 89.5 Å². The van der Waals surface area contributed by atoms with Gasteiger partial charge in [-0.25, -0.2) is 0 Å². The van der Waals surface area contributed by atoms with Crippen molar-refractivity contribution in [3.8, 4) is 23.0 Å². The molecule has 0 aliphatic heterocycles. The molecule has 0 unspecified atom stereocenters. The molecule has 0 bridgehead atoms. The maximum Gasteiger partial charge on any atom is 0.308 e. The van der Waals surface area contributed by atoms with Crippen molar-refractivity contribution in [1.82, 2.24) is 0 Å². The van der Waals surface area contributed by atoms with Crippen LogP contribution in [0.5, 0.6) is 23.0 Å². The lowest BCUT2D eigenvalue weighted by atomic mass is 10.1. The van der Waals surface area contributed by atoms with Crippen LogP contribution in [0.4, 0.5) is 0 Å². The number of aromatic hydroxyl groups is 1. The molecule has 0 heterocycles. The molecule has 0 aromatic heterocycles. The highest BCUT2D eigenvalue weighted by atomic mass is 16.5. The van der Waals surface area contributed by atoms with Crippen LogP contribution in [0.15, 0.2) is 72.8 Å². The number of allylic oxidation sites excluding steroid dienone is 1. The number of esters is 2. The number of hydrogen-bond acceptors (Lipinski definition) is 7. The van der Waals surface area contributed by atoms with Gasteiger partial charge in [-0.3, -0.25) is 14.4 Å². The van der Waals surface area contributed by atoms with E-state index in [1.165, 1.54) is 56.3 Å². The molecule has 7 nitrogen and oxygen atoms in total. The molecule has 0 saturated heterocycles. The minimum absolute atomic E-state index is 0.0307. The van der Waals surface area contributed by atoms with Gasteiger partial charge in [-0.2, -0.15) is 0 Å². The van der Waals surface area contributed by atoms with Crippen molar-refractivity contribution in [2.24, 2.45) is 0 Å². The molecule has 3 aromatic rings. The van der Waals surface area contributed by atoms with Gasteiger partial charge in [0.1, 0.15) is 29.6 Å². The predicted molar refractivity (Wildman–Crippen MR) is 121 cm³/mol. The standard InChI is InChI=1S/C26H22O7/c1-17(27)32-22-11-8-20(25(15-22)33-18(2)28)9-13-24(30)23-12-10-21(29)14-26(23)31-16-19-6-4-3-5-7-19/h3-15,29H,16H2,1-2H3. The van der Waals surface area contributed by atoms with Crippen molar-refractivity contribution >= 4 is 23.8 Å². The molecule has 0 saturated carbocycles. The second-order valence-corrected chi connectivity index (χ2v) is 7.04. The van der Waals surface area contributed by atoms with E-state index in [9.17, 15) is 19.5 Å². The van der Waals surface area contributed by atoms with Crippen molar-refractivity contribution in [2.45, 2.75) is 20.5 Å². The topological polar surface area (TPSA) is 99.1 Å². The highest BCUT2D eigenvalue weighted by molar-refractivity contribution is 6.09. The third-order valence-corrected chi connectivity index (χ3v) is 4.38. The zero-order chi connectivity index (χ0) is 23.8. The van der Waals surface area contributed by atoms with E-state index in [1.807, 2.05) is 30.3 Å². The summed E-state index contributed by atoms with van der Waals surface area (Å²) >= 11 is 0. The van der Waals surface area contributed by atoms with Gasteiger partial charge < -0.3 is 19.3 Å². The third kappa shape index (κ3) is 6.80. The molecule has 3 aromatic carbocycles. The lowest BCUT2D eigenvalue weighted by Gasteiger charge is -2.11. The zero-order valence-electron chi connectivity index (χ0n) is 18.1. The Morgan fingerprint density at radius 3 is 2.27 bits per heavy atom. The Balaban J connectivity index is 1.84. The van der Waals surface area contributed by atoms with Gasteiger partial charge in [-0.1, -0.05) is 30.3 Å². The number of benzene rings is 3. The first-order chi connectivity index (χ1) is 15.8. The van der Waals surface area contributed by atoms with Crippen LogP contribution < -0.4 is 14.2 Å². The SMILES string of the molecule is CC(=O)Oc1ccc(C=CC(=O)c2ccc(O)cc2OCc2ccccc2)c(OC(C)=O)c1. The predicted octanol–water partition coefficient (Wildman–Crippen LogP) is 4.72. The third-order valence-electron chi connectivity index (χ3n) is 4.38. The second-order valence-electron chi connectivity index (χ2n) is 7.04. The normalized spacial score (nSPS) is 10.6. The van der Waals surface area contributed by atoms with E-state index in [1.54, 1.807) is 6.07 Å². The van der Waals surface area contributed by atoms with Gasteiger partial charge in [0.25, 0.3) is 0 Å². The van der Waals surface area contributed by atoms with Crippen LogP contribution in [-0.2, 0) is 16.2 Å².